The van der Waals surface area contributed by atoms with E-state index >= 15 is 0 Å². The first-order chi connectivity index (χ1) is 12.9. The highest BCUT2D eigenvalue weighted by molar-refractivity contribution is 6.02. The lowest BCUT2D eigenvalue weighted by Crippen LogP contribution is -2.36. The molecule has 1 saturated carbocycles. The van der Waals surface area contributed by atoms with Crippen molar-refractivity contribution in [3.63, 3.8) is 0 Å². The molecule has 5 heteroatoms. The summed E-state index contributed by atoms with van der Waals surface area (Å²) in [4.78, 5) is 27.6. The highest BCUT2D eigenvalue weighted by atomic mass is 16.2. The molecule has 0 aromatic heterocycles. The number of hydrogen-bond acceptors (Lipinski definition) is 3. The third kappa shape index (κ3) is 5.02. The normalized spacial score (nSPS) is 18.7. The van der Waals surface area contributed by atoms with Gasteiger partial charge < -0.3 is 15.5 Å². The second kappa shape index (κ2) is 8.77. The number of carbonyl (C=O) groups excluding carboxylic acids is 2. The lowest BCUT2D eigenvalue weighted by Gasteiger charge is -2.33. The van der Waals surface area contributed by atoms with Gasteiger partial charge in [-0.05, 0) is 63.6 Å². The monoisotopic (exact) mass is 371 g/mol. The molecule has 2 aliphatic rings. The summed E-state index contributed by atoms with van der Waals surface area (Å²) in [5.74, 6) is 0.859. The molecule has 1 aromatic carbocycles. The van der Waals surface area contributed by atoms with Crippen LogP contribution in [0.5, 0.6) is 0 Å². The lowest BCUT2D eigenvalue weighted by molar-refractivity contribution is -0.119. The molecule has 2 fully saturated rings. The Kier molecular flexibility index (Phi) is 6.40. The van der Waals surface area contributed by atoms with E-state index in [4.69, 9.17) is 0 Å². The molecule has 1 aliphatic heterocycles. The van der Waals surface area contributed by atoms with Crippen molar-refractivity contribution < 1.29 is 9.59 Å². The van der Waals surface area contributed by atoms with Gasteiger partial charge in [-0.2, -0.15) is 0 Å². The molecule has 0 unspecified atom stereocenters. The maximum absolute atomic E-state index is 12.8. The number of anilines is 2. The zero-order chi connectivity index (χ0) is 19.4. The summed E-state index contributed by atoms with van der Waals surface area (Å²) in [6.07, 6.45) is 6.49. The fraction of sp³-hybridized carbons (Fsp3) is 0.636. The molecule has 0 atom stereocenters. The maximum Gasteiger partial charge on any atom is 0.253 e. The topological polar surface area (TPSA) is 61.4 Å². The minimum atomic E-state index is -0.0735. The third-order valence-corrected chi connectivity index (χ3v) is 5.78. The van der Waals surface area contributed by atoms with Gasteiger partial charge in [0.15, 0.2) is 0 Å². The van der Waals surface area contributed by atoms with Crippen molar-refractivity contribution in [1.82, 2.24) is 5.32 Å². The van der Waals surface area contributed by atoms with E-state index in [1.807, 2.05) is 32.0 Å². The minimum Gasteiger partial charge on any atom is -0.371 e. The average molecular weight is 372 g/mol. The molecule has 1 heterocycles. The van der Waals surface area contributed by atoms with Crippen LogP contribution in [-0.4, -0.2) is 30.9 Å². The van der Waals surface area contributed by atoms with Crippen LogP contribution in [0.3, 0.4) is 0 Å². The van der Waals surface area contributed by atoms with Crippen molar-refractivity contribution in [2.24, 2.45) is 11.8 Å². The first-order valence-electron chi connectivity index (χ1n) is 10.4. The van der Waals surface area contributed by atoms with Crippen LogP contribution in [0.25, 0.3) is 0 Å². The van der Waals surface area contributed by atoms with Gasteiger partial charge in [0.25, 0.3) is 5.91 Å². The van der Waals surface area contributed by atoms with Crippen LogP contribution in [0.15, 0.2) is 18.2 Å². The van der Waals surface area contributed by atoms with Crippen LogP contribution in [0.4, 0.5) is 11.4 Å². The molecular weight excluding hydrogens is 338 g/mol. The van der Waals surface area contributed by atoms with E-state index in [0.29, 0.717) is 5.56 Å². The molecule has 27 heavy (non-hydrogen) atoms. The predicted molar refractivity (Wildman–Crippen MR) is 110 cm³/mol. The molecule has 0 bridgehead atoms. The van der Waals surface area contributed by atoms with Crippen molar-refractivity contribution >= 4 is 23.2 Å². The van der Waals surface area contributed by atoms with Gasteiger partial charge in [-0.25, -0.2) is 0 Å². The number of piperidine rings is 1. The van der Waals surface area contributed by atoms with Crippen LogP contribution in [0.1, 0.15) is 69.7 Å². The van der Waals surface area contributed by atoms with Crippen LogP contribution in [0.2, 0.25) is 0 Å². The second-order valence-electron chi connectivity index (χ2n) is 8.50. The molecule has 3 rings (SSSR count). The lowest BCUT2D eigenvalue weighted by atomic mass is 9.97. The van der Waals surface area contributed by atoms with Gasteiger partial charge in [0.05, 0.1) is 5.56 Å². The standard InChI is InChI=1S/C22H33N3O2/c1-15(2)23-22(27)19-14-18(24-21(26)17-6-4-5-7-17)8-9-20(19)25-12-10-16(3)11-13-25/h8-9,14-17H,4-7,10-13H2,1-3H3,(H,23,27)(H,24,26). The number of nitrogens with zero attached hydrogens (tertiary/aromatic N) is 1. The fourth-order valence-corrected chi connectivity index (χ4v) is 4.09. The van der Waals surface area contributed by atoms with Crippen molar-refractivity contribution in [2.45, 2.75) is 65.3 Å². The summed E-state index contributed by atoms with van der Waals surface area (Å²) >= 11 is 0. The van der Waals surface area contributed by atoms with E-state index in [1.165, 1.54) is 0 Å². The molecule has 5 nitrogen and oxygen atoms in total. The highest BCUT2D eigenvalue weighted by Crippen LogP contribution is 2.30. The molecule has 1 saturated heterocycles. The number of hydrogen-bond donors (Lipinski definition) is 2. The Bertz CT molecular complexity index is 672. The smallest absolute Gasteiger partial charge is 0.253 e. The van der Waals surface area contributed by atoms with E-state index in [9.17, 15) is 9.59 Å². The maximum atomic E-state index is 12.8. The SMILES string of the molecule is CC1CCN(c2ccc(NC(=O)C3CCCC3)cc2C(=O)NC(C)C)CC1. The molecule has 148 valence electrons. The third-order valence-electron chi connectivity index (χ3n) is 5.78. The van der Waals surface area contributed by atoms with Gasteiger partial charge in [0.1, 0.15) is 0 Å². The molecular formula is C22H33N3O2. The summed E-state index contributed by atoms with van der Waals surface area (Å²) in [5, 5.41) is 6.04. The number of benzene rings is 1. The number of amides is 2. The van der Waals surface area contributed by atoms with E-state index in [0.717, 1.165) is 68.9 Å². The van der Waals surface area contributed by atoms with Gasteiger partial charge in [-0.3, -0.25) is 9.59 Å². The van der Waals surface area contributed by atoms with Gasteiger partial charge >= 0.3 is 0 Å². The fourth-order valence-electron chi connectivity index (χ4n) is 4.09. The van der Waals surface area contributed by atoms with E-state index in [-0.39, 0.29) is 23.8 Å². The summed E-state index contributed by atoms with van der Waals surface area (Å²) in [5.41, 5.74) is 2.34. The Hall–Kier alpha value is -2.04. The first-order valence-corrected chi connectivity index (χ1v) is 10.4. The largest absolute Gasteiger partial charge is 0.371 e. The van der Waals surface area contributed by atoms with Crippen LogP contribution in [0, 0.1) is 11.8 Å². The van der Waals surface area contributed by atoms with E-state index < -0.39 is 0 Å². The Morgan fingerprint density at radius 2 is 1.74 bits per heavy atom. The van der Waals surface area contributed by atoms with E-state index in [1.54, 1.807) is 0 Å². The van der Waals surface area contributed by atoms with Gasteiger partial charge in [0.2, 0.25) is 5.91 Å². The van der Waals surface area contributed by atoms with Crippen molar-refractivity contribution in [2.75, 3.05) is 23.3 Å². The van der Waals surface area contributed by atoms with Gasteiger partial charge in [0, 0.05) is 36.4 Å². The number of rotatable bonds is 5. The summed E-state index contributed by atoms with van der Waals surface area (Å²) < 4.78 is 0. The molecule has 2 amide bonds. The average Bonchev–Trinajstić information content (AvgIpc) is 3.17. The minimum absolute atomic E-state index is 0.0727. The Balaban J connectivity index is 1.82. The first kappa shape index (κ1) is 19.7. The van der Waals surface area contributed by atoms with Crippen LogP contribution >= 0.6 is 0 Å². The van der Waals surface area contributed by atoms with Gasteiger partial charge in [-0.15, -0.1) is 0 Å². The van der Waals surface area contributed by atoms with Crippen LogP contribution in [-0.2, 0) is 4.79 Å². The number of carbonyl (C=O) groups is 2. The molecule has 1 aromatic rings. The second-order valence-corrected chi connectivity index (χ2v) is 8.50. The Morgan fingerprint density at radius 1 is 1.07 bits per heavy atom. The molecule has 2 N–H and O–H groups in total. The summed E-state index contributed by atoms with van der Waals surface area (Å²) in [6.45, 7) is 8.15. The summed E-state index contributed by atoms with van der Waals surface area (Å²) in [7, 11) is 0. The zero-order valence-corrected chi connectivity index (χ0v) is 16.9. The van der Waals surface area contributed by atoms with Crippen molar-refractivity contribution in [3.8, 4) is 0 Å². The zero-order valence-electron chi connectivity index (χ0n) is 16.9. The highest BCUT2D eigenvalue weighted by Gasteiger charge is 2.25. The Labute approximate surface area is 162 Å². The summed E-state index contributed by atoms with van der Waals surface area (Å²) in [6, 6.07) is 5.85. The Morgan fingerprint density at radius 3 is 2.37 bits per heavy atom. The molecule has 1 aliphatic carbocycles. The van der Waals surface area contributed by atoms with Crippen molar-refractivity contribution in [3.05, 3.63) is 23.8 Å². The predicted octanol–water partition coefficient (Wildman–Crippen LogP) is 4.19. The number of nitrogens with one attached hydrogen (secondary N) is 2. The van der Waals surface area contributed by atoms with Crippen molar-refractivity contribution in [1.29, 1.82) is 0 Å². The quantitative estimate of drug-likeness (QED) is 0.816. The van der Waals surface area contributed by atoms with Gasteiger partial charge in [-0.1, -0.05) is 19.8 Å². The van der Waals surface area contributed by atoms with Crippen LogP contribution < -0.4 is 15.5 Å². The molecule has 0 spiro atoms. The van der Waals surface area contributed by atoms with E-state index in [2.05, 4.69) is 22.5 Å². The molecule has 0 radical (unpaired) electrons.